The predicted molar refractivity (Wildman–Crippen MR) is 65.4 cm³/mol. The minimum absolute atomic E-state index is 0.556. The molecule has 0 fully saturated rings. The fraction of sp³-hybridized carbons (Fsp3) is 0.273. The maximum absolute atomic E-state index is 5.94. The molecule has 3 heteroatoms. The van der Waals surface area contributed by atoms with Gasteiger partial charge < -0.3 is 0 Å². The summed E-state index contributed by atoms with van der Waals surface area (Å²) in [5.41, 5.74) is 4.87. The molecule has 2 aromatic rings. The Bertz CT molecular complexity index is 487. The molecule has 1 aromatic heterocycles. The van der Waals surface area contributed by atoms with Crippen LogP contribution in [0.3, 0.4) is 0 Å². The molecule has 0 radical (unpaired) electrons. The van der Waals surface area contributed by atoms with Gasteiger partial charge in [-0.3, -0.25) is 3.97 Å². The summed E-state index contributed by atoms with van der Waals surface area (Å²) in [6.45, 7) is 4.19. The molecule has 0 amide bonds. The van der Waals surface area contributed by atoms with E-state index in [0.29, 0.717) is 5.88 Å². The molecule has 0 saturated heterocycles. The topological polar surface area (TPSA) is 4.93 Å². The molecule has 74 valence electrons. The Kier molecular flexibility index (Phi) is 2.50. The van der Waals surface area contributed by atoms with Crippen LogP contribution in [0.15, 0.2) is 18.3 Å². The molecule has 0 atom stereocenters. The molecule has 0 spiro atoms. The van der Waals surface area contributed by atoms with E-state index in [-0.39, 0.29) is 0 Å². The van der Waals surface area contributed by atoms with E-state index in [1.807, 2.05) is 10.2 Å². The summed E-state index contributed by atoms with van der Waals surface area (Å²) < 4.78 is 1.85. The van der Waals surface area contributed by atoms with Crippen molar-refractivity contribution in [3.8, 4) is 0 Å². The van der Waals surface area contributed by atoms with Crippen molar-refractivity contribution in [1.82, 2.24) is 3.97 Å². The average Bonchev–Trinajstić information content (AvgIpc) is 2.49. The first-order valence-electron chi connectivity index (χ1n) is 4.50. The summed E-state index contributed by atoms with van der Waals surface area (Å²) in [5.74, 6) is 0.556. The van der Waals surface area contributed by atoms with Gasteiger partial charge >= 0.3 is 0 Å². The van der Waals surface area contributed by atoms with Crippen LogP contribution >= 0.6 is 24.4 Å². The summed E-state index contributed by atoms with van der Waals surface area (Å²) in [4.78, 5) is 0. The lowest BCUT2D eigenvalue weighted by atomic mass is 10.0. The van der Waals surface area contributed by atoms with E-state index >= 15 is 0 Å². The van der Waals surface area contributed by atoms with E-state index in [2.05, 4.69) is 38.8 Å². The first-order valence-corrected chi connectivity index (χ1v) is 5.44. The normalized spacial score (nSPS) is 11.1. The Morgan fingerprint density at radius 1 is 1.36 bits per heavy atom. The Morgan fingerprint density at radius 3 is 2.71 bits per heavy atom. The van der Waals surface area contributed by atoms with Gasteiger partial charge in [0.05, 0.1) is 5.52 Å². The Morgan fingerprint density at radius 2 is 2.07 bits per heavy atom. The van der Waals surface area contributed by atoms with E-state index < -0.39 is 0 Å². The standard InChI is InChI=1S/C11H12ClNS/c1-7-5-8(2)11-9(10(7)6-12)3-4-13(11)14/h3-5,14H,6H2,1-2H3. The quantitative estimate of drug-likeness (QED) is 0.558. The Hall–Kier alpha value is -0.600. The zero-order valence-corrected chi connectivity index (χ0v) is 9.86. The second-order valence-electron chi connectivity index (χ2n) is 3.55. The third kappa shape index (κ3) is 1.33. The van der Waals surface area contributed by atoms with Crippen LogP contribution in [0.25, 0.3) is 10.9 Å². The smallest absolute Gasteiger partial charge is 0.0621 e. The average molecular weight is 226 g/mol. The predicted octanol–water partition coefficient (Wildman–Crippen LogP) is 3.69. The second-order valence-corrected chi connectivity index (χ2v) is 4.24. The number of benzene rings is 1. The minimum Gasteiger partial charge on any atom is -0.294 e. The molecule has 2 rings (SSSR count). The summed E-state index contributed by atoms with van der Waals surface area (Å²) in [6.07, 6.45) is 1.95. The number of nitrogens with zero attached hydrogens (tertiary/aromatic N) is 1. The van der Waals surface area contributed by atoms with Crippen molar-refractivity contribution in [3.63, 3.8) is 0 Å². The zero-order valence-electron chi connectivity index (χ0n) is 8.21. The van der Waals surface area contributed by atoms with Crippen molar-refractivity contribution in [2.24, 2.45) is 0 Å². The van der Waals surface area contributed by atoms with E-state index in [4.69, 9.17) is 11.6 Å². The number of hydrogen-bond donors (Lipinski definition) is 1. The third-order valence-electron chi connectivity index (χ3n) is 2.61. The number of hydrogen-bond acceptors (Lipinski definition) is 1. The molecule has 1 aromatic carbocycles. The van der Waals surface area contributed by atoms with Gasteiger partial charge in [-0.2, -0.15) is 0 Å². The maximum Gasteiger partial charge on any atom is 0.0621 e. The monoisotopic (exact) mass is 225 g/mol. The van der Waals surface area contributed by atoms with Crippen LogP contribution < -0.4 is 0 Å². The van der Waals surface area contributed by atoms with Gasteiger partial charge in [0.2, 0.25) is 0 Å². The van der Waals surface area contributed by atoms with Crippen LogP contribution in [0.1, 0.15) is 16.7 Å². The van der Waals surface area contributed by atoms with Crippen LogP contribution in [0.4, 0.5) is 0 Å². The van der Waals surface area contributed by atoms with Crippen LogP contribution in [0.2, 0.25) is 0 Å². The Labute approximate surface area is 94.2 Å². The van der Waals surface area contributed by atoms with Crippen molar-refractivity contribution in [2.75, 3.05) is 0 Å². The molecule has 0 unspecified atom stereocenters. The molecule has 14 heavy (non-hydrogen) atoms. The molecule has 1 heterocycles. The SMILES string of the molecule is Cc1cc(C)c2c(ccn2S)c1CCl. The number of alkyl halides is 1. The van der Waals surface area contributed by atoms with Crippen molar-refractivity contribution < 1.29 is 0 Å². The lowest BCUT2D eigenvalue weighted by Gasteiger charge is -2.08. The van der Waals surface area contributed by atoms with Gasteiger partial charge in [-0.1, -0.05) is 18.9 Å². The number of aromatic nitrogens is 1. The van der Waals surface area contributed by atoms with Crippen molar-refractivity contribution in [3.05, 3.63) is 35.0 Å². The third-order valence-corrected chi connectivity index (χ3v) is 3.21. The summed E-state index contributed by atoms with van der Waals surface area (Å²) in [5, 5.41) is 1.22. The minimum atomic E-state index is 0.556. The molecule has 1 nitrogen and oxygen atoms in total. The number of fused-ring (bicyclic) bond motifs is 1. The molecular formula is C11H12ClNS. The molecular weight excluding hydrogens is 214 g/mol. The van der Waals surface area contributed by atoms with Crippen LogP contribution in [0.5, 0.6) is 0 Å². The Balaban J connectivity index is 2.92. The fourth-order valence-electron chi connectivity index (χ4n) is 1.93. The van der Waals surface area contributed by atoms with Gasteiger partial charge in [0.15, 0.2) is 0 Å². The molecule has 0 aliphatic rings. The molecule has 0 bridgehead atoms. The number of halogens is 1. The lowest BCUT2D eigenvalue weighted by molar-refractivity contribution is 1.28. The summed E-state index contributed by atoms with van der Waals surface area (Å²) in [7, 11) is 0. The van der Waals surface area contributed by atoms with Crippen molar-refractivity contribution in [2.45, 2.75) is 19.7 Å². The highest BCUT2D eigenvalue weighted by Gasteiger charge is 2.09. The van der Waals surface area contributed by atoms with Gasteiger partial charge in [0.25, 0.3) is 0 Å². The van der Waals surface area contributed by atoms with Gasteiger partial charge in [-0.05, 0) is 36.6 Å². The second kappa shape index (κ2) is 3.52. The van der Waals surface area contributed by atoms with Crippen molar-refractivity contribution in [1.29, 1.82) is 0 Å². The largest absolute Gasteiger partial charge is 0.294 e. The van der Waals surface area contributed by atoms with Crippen LogP contribution in [0, 0.1) is 13.8 Å². The van der Waals surface area contributed by atoms with Gasteiger partial charge in [0, 0.05) is 17.5 Å². The highest BCUT2D eigenvalue weighted by atomic mass is 35.5. The number of aryl methyl sites for hydroxylation is 2. The highest BCUT2D eigenvalue weighted by molar-refractivity contribution is 7.78. The number of thiol groups is 1. The number of rotatable bonds is 1. The van der Waals surface area contributed by atoms with Crippen LogP contribution in [-0.2, 0) is 5.88 Å². The van der Waals surface area contributed by atoms with E-state index in [9.17, 15) is 0 Å². The van der Waals surface area contributed by atoms with Gasteiger partial charge in [0.1, 0.15) is 0 Å². The first kappa shape index (κ1) is 9.94. The first-order chi connectivity index (χ1) is 6.65. The van der Waals surface area contributed by atoms with Gasteiger partial charge in [-0.25, -0.2) is 0 Å². The molecule has 0 saturated carbocycles. The fourth-order valence-corrected chi connectivity index (χ4v) is 2.62. The molecule has 0 aliphatic heterocycles. The van der Waals surface area contributed by atoms with E-state index in [0.717, 1.165) is 5.52 Å². The maximum atomic E-state index is 5.94. The lowest BCUT2D eigenvalue weighted by Crippen LogP contribution is -1.90. The van der Waals surface area contributed by atoms with Crippen LogP contribution in [-0.4, -0.2) is 3.97 Å². The molecule has 0 N–H and O–H groups in total. The van der Waals surface area contributed by atoms with E-state index in [1.165, 1.54) is 22.1 Å². The highest BCUT2D eigenvalue weighted by Crippen LogP contribution is 2.28. The zero-order chi connectivity index (χ0) is 10.3. The van der Waals surface area contributed by atoms with Gasteiger partial charge in [-0.15, -0.1) is 11.6 Å². The van der Waals surface area contributed by atoms with E-state index in [1.54, 1.807) is 0 Å². The summed E-state index contributed by atoms with van der Waals surface area (Å²) in [6, 6.07) is 4.23. The summed E-state index contributed by atoms with van der Waals surface area (Å²) >= 11 is 10.3. The molecule has 0 aliphatic carbocycles. The van der Waals surface area contributed by atoms with Crippen molar-refractivity contribution >= 4 is 35.3 Å².